The van der Waals surface area contributed by atoms with Crippen molar-refractivity contribution in [3.05, 3.63) is 59.2 Å². The number of nitrogens with zero attached hydrogens (tertiary/aromatic N) is 4. The summed E-state index contributed by atoms with van der Waals surface area (Å²) in [5, 5.41) is 4.71. The van der Waals surface area contributed by atoms with E-state index >= 15 is 0 Å². The zero-order valence-electron chi connectivity index (χ0n) is 18.1. The van der Waals surface area contributed by atoms with Crippen LogP contribution in [0, 0.1) is 0 Å². The van der Waals surface area contributed by atoms with Gasteiger partial charge in [-0.15, -0.1) is 0 Å². The monoisotopic (exact) mass is 435 g/mol. The predicted molar refractivity (Wildman–Crippen MR) is 124 cm³/mol. The van der Waals surface area contributed by atoms with E-state index < -0.39 is 0 Å². The summed E-state index contributed by atoms with van der Waals surface area (Å²) in [5.41, 5.74) is 4.10. The van der Waals surface area contributed by atoms with Gasteiger partial charge >= 0.3 is 6.03 Å². The number of urea groups is 1. The van der Waals surface area contributed by atoms with Crippen LogP contribution in [0.1, 0.15) is 47.4 Å². The lowest BCUT2D eigenvalue weighted by atomic mass is 10.0. The molecule has 0 bridgehead atoms. The van der Waals surface area contributed by atoms with Gasteiger partial charge < -0.3 is 21.0 Å². The van der Waals surface area contributed by atoms with E-state index in [0.717, 1.165) is 50.0 Å². The first-order valence-corrected chi connectivity index (χ1v) is 11.2. The quantitative estimate of drug-likeness (QED) is 0.493. The summed E-state index contributed by atoms with van der Waals surface area (Å²) in [6, 6.07) is -0.102. The number of dihydropyridines is 1. The molecule has 3 aliphatic heterocycles. The molecule has 1 saturated heterocycles. The Labute approximate surface area is 187 Å². The molecule has 1 aromatic heterocycles. The van der Waals surface area contributed by atoms with Gasteiger partial charge in [-0.1, -0.05) is 18.2 Å². The number of Topliss-reactive ketones (excluding diaryl/α,β-unsaturated/α-hetero) is 1. The van der Waals surface area contributed by atoms with Crippen LogP contribution in [0.5, 0.6) is 0 Å². The number of carbonyl (C=O) groups excluding carboxylic acids is 2. The maximum absolute atomic E-state index is 13.4. The van der Waals surface area contributed by atoms with Crippen LogP contribution < -0.4 is 22.0 Å². The van der Waals surface area contributed by atoms with Gasteiger partial charge in [0, 0.05) is 25.2 Å². The summed E-state index contributed by atoms with van der Waals surface area (Å²) in [6.45, 7) is 2.42. The highest BCUT2D eigenvalue weighted by atomic mass is 16.2. The number of anilines is 1. The number of ketones is 1. The lowest BCUT2D eigenvalue weighted by Gasteiger charge is -2.31. The molecule has 1 fully saturated rings. The standard InChI is InChI=1S/C23H29N7O2/c24-29(17-6-2-1-3-7-17)22-20-18(30(25)21(22)16-8-10-26-11-9-16)14-28(15-19(20)31)23(32)27-12-4-5-13-27/h2,6-10,26H,1,3-5,11-15,24-25H2. The number of amides is 2. The third kappa shape index (κ3) is 3.38. The van der Waals surface area contributed by atoms with Crippen LogP contribution in [-0.4, -0.2) is 52.5 Å². The minimum Gasteiger partial charge on any atom is -0.387 e. The zero-order chi connectivity index (χ0) is 22.2. The fourth-order valence-electron chi connectivity index (χ4n) is 4.85. The first-order chi connectivity index (χ1) is 15.6. The summed E-state index contributed by atoms with van der Waals surface area (Å²) in [5.74, 6) is 13.1. The van der Waals surface area contributed by atoms with Crippen molar-refractivity contribution in [1.82, 2.24) is 19.8 Å². The molecule has 0 saturated carbocycles. The van der Waals surface area contributed by atoms with Crippen molar-refractivity contribution < 1.29 is 9.59 Å². The van der Waals surface area contributed by atoms with Gasteiger partial charge in [-0.25, -0.2) is 10.6 Å². The molecule has 0 spiro atoms. The van der Waals surface area contributed by atoms with Crippen LogP contribution in [-0.2, 0) is 6.54 Å². The number of allylic oxidation sites excluding steroid dienone is 5. The van der Waals surface area contributed by atoms with Crippen molar-refractivity contribution in [2.75, 3.05) is 37.0 Å². The van der Waals surface area contributed by atoms with E-state index in [0.29, 0.717) is 29.2 Å². The second-order valence-electron chi connectivity index (χ2n) is 8.52. The molecule has 9 heteroatoms. The van der Waals surface area contributed by atoms with Crippen molar-refractivity contribution >= 4 is 23.1 Å². The van der Waals surface area contributed by atoms with Gasteiger partial charge in [0.15, 0.2) is 5.78 Å². The van der Waals surface area contributed by atoms with E-state index in [-0.39, 0.29) is 24.9 Å². The maximum atomic E-state index is 13.4. The molecule has 1 aliphatic carbocycles. The number of likely N-dealkylation sites (tertiary alicyclic amines) is 1. The third-order valence-electron chi connectivity index (χ3n) is 6.47. The summed E-state index contributed by atoms with van der Waals surface area (Å²) >= 11 is 0. The molecule has 9 nitrogen and oxygen atoms in total. The summed E-state index contributed by atoms with van der Waals surface area (Å²) in [4.78, 5) is 29.8. The first-order valence-electron chi connectivity index (χ1n) is 11.2. The molecule has 0 aromatic carbocycles. The Balaban J connectivity index is 1.60. The number of hydrogen-bond donors (Lipinski definition) is 3. The van der Waals surface area contributed by atoms with Crippen LogP contribution >= 0.6 is 0 Å². The number of nitrogens with two attached hydrogens (primary N) is 2. The highest BCUT2D eigenvalue weighted by molar-refractivity contribution is 6.09. The molecule has 5 rings (SSSR count). The molecule has 0 radical (unpaired) electrons. The van der Waals surface area contributed by atoms with Crippen molar-refractivity contribution in [2.24, 2.45) is 5.84 Å². The second kappa shape index (κ2) is 8.23. The van der Waals surface area contributed by atoms with Crippen molar-refractivity contribution in [3.63, 3.8) is 0 Å². The lowest BCUT2D eigenvalue weighted by molar-refractivity contribution is 0.0895. The van der Waals surface area contributed by atoms with Crippen LogP contribution in [0.2, 0.25) is 0 Å². The van der Waals surface area contributed by atoms with E-state index in [1.165, 1.54) is 0 Å². The van der Waals surface area contributed by atoms with Gasteiger partial charge in [-0.05, 0) is 44.0 Å². The molecule has 4 heterocycles. The van der Waals surface area contributed by atoms with Crippen LogP contribution in [0.4, 0.5) is 10.5 Å². The normalized spacial score (nSPS) is 20.1. The Bertz CT molecular complexity index is 1070. The Morgan fingerprint density at radius 2 is 1.88 bits per heavy atom. The highest BCUT2D eigenvalue weighted by Crippen LogP contribution is 2.39. The minimum atomic E-state index is -0.145. The average molecular weight is 436 g/mol. The topological polar surface area (TPSA) is 113 Å². The largest absolute Gasteiger partial charge is 0.387 e. The maximum Gasteiger partial charge on any atom is 0.320 e. The Morgan fingerprint density at radius 1 is 1.06 bits per heavy atom. The Hall–Kier alpha value is -3.46. The second-order valence-corrected chi connectivity index (χ2v) is 8.52. The van der Waals surface area contributed by atoms with Gasteiger partial charge in [0.25, 0.3) is 0 Å². The molecular weight excluding hydrogens is 406 g/mol. The number of carbonyl (C=O) groups is 2. The van der Waals surface area contributed by atoms with Crippen LogP contribution in [0.3, 0.4) is 0 Å². The first kappa shape index (κ1) is 20.4. The number of fused-ring (bicyclic) bond motifs is 1. The number of hydrazine groups is 1. The number of nitrogens with one attached hydrogen (secondary N) is 1. The third-order valence-corrected chi connectivity index (χ3v) is 6.47. The van der Waals surface area contributed by atoms with Crippen molar-refractivity contribution in [3.8, 4) is 0 Å². The van der Waals surface area contributed by atoms with E-state index in [1.54, 1.807) is 14.6 Å². The molecule has 0 atom stereocenters. The number of nitrogen functional groups attached to an aromatic ring is 1. The summed E-state index contributed by atoms with van der Waals surface area (Å²) < 4.78 is 1.54. The molecule has 0 unspecified atom stereocenters. The molecular formula is C23H29N7O2. The summed E-state index contributed by atoms with van der Waals surface area (Å²) in [6.07, 6.45) is 15.8. The van der Waals surface area contributed by atoms with E-state index in [1.807, 2.05) is 29.3 Å². The zero-order valence-corrected chi connectivity index (χ0v) is 18.1. The van der Waals surface area contributed by atoms with Crippen LogP contribution in [0.25, 0.3) is 5.57 Å². The highest BCUT2D eigenvalue weighted by Gasteiger charge is 2.38. The van der Waals surface area contributed by atoms with E-state index in [9.17, 15) is 9.59 Å². The summed E-state index contributed by atoms with van der Waals surface area (Å²) in [7, 11) is 0. The van der Waals surface area contributed by atoms with Crippen molar-refractivity contribution in [1.29, 1.82) is 0 Å². The minimum absolute atomic E-state index is 0.0258. The smallest absolute Gasteiger partial charge is 0.320 e. The van der Waals surface area contributed by atoms with Gasteiger partial charge in [-0.2, -0.15) is 0 Å². The Morgan fingerprint density at radius 3 is 2.56 bits per heavy atom. The molecule has 4 aliphatic rings. The van der Waals surface area contributed by atoms with E-state index in [4.69, 9.17) is 11.7 Å². The number of rotatable bonds is 3. The predicted octanol–water partition coefficient (Wildman–Crippen LogP) is 1.83. The fraction of sp³-hybridized carbons (Fsp3) is 0.391. The van der Waals surface area contributed by atoms with Gasteiger partial charge in [0.05, 0.1) is 41.4 Å². The molecule has 32 heavy (non-hydrogen) atoms. The molecule has 2 amide bonds. The number of aromatic nitrogens is 1. The van der Waals surface area contributed by atoms with Crippen molar-refractivity contribution in [2.45, 2.75) is 32.2 Å². The van der Waals surface area contributed by atoms with Crippen LogP contribution in [0.15, 0.2) is 42.3 Å². The van der Waals surface area contributed by atoms with Gasteiger partial charge in [-0.3, -0.25) is 14.5 Å². The lowest BCUT2D eigenvalue weighted by Crippen LogP contribution is -2.47. The fourth-order valence-corrected chi connectivity index (χ4v) is 4.85. The molecule has 168 valence electrons. The SMILES string of the molecule is NN(C1=CCCC=C1)c1c2c(n(N)c1C1=CCNC=C1)CN(C(=O)N1CCCC1)CC2=O. The molecule has 1 aromatic rings. The average Bonchev–Trinajstić information content (AvgIpc) is 3.46. The molecule has 5 N–H and O–H groups in total. The number of hydrogen-bond acceptors (Lipinski definition) is 6. The Kier molecular flexibility index (Phi) is 5.26. The van der Waals surface area contributed by atoms with E-state index in [2.05, 4.69) is 17.5 Å². The van der Waals surface area contributed by atoms with Gasteiger partial charge in [0.2, 0.25) is 0 Å². The van der Waals surface area contributed by atoms with Gasteiger partial charge in [0.1, 0.15) is 0 Å².